The van der Waals surface area contributed by atoms with E-state index in [0.717, 1.165) is 0 Å². The second-order valence-corrected chi connectivity index (χ2v) is 12.9. The largest absolute Gasteiger partial charge is 0.309 e. The number of nitrogens with zero attached hydrogens (tertiary/aromatic N) is 2. The quantitative estimate of drug-likeness (QED) is 0.173. The topological polar surface area (TPSA) is 9.86 Å². The number of hydrogen-bond acceptors (Lipinski definition) is 0. The molecule has 222 valence electrons. The van der Waals surface area contributed by atoms with E-state index in [1.165, 1.54) is 98.1 Å². The molecule has 0 amide bonds. The number of hydrogen-bond donors (Lipinski definition) is 0. The molecule has 9 aromatic carbocycles. The van der Waals surface area contributed by atoms with Crippen molar-refractivity contribution in [1.29, 1.82) is 0 Å². The van der Waals surface area contributed by atoms with Crippen LogP contribution in [0.4, 0.5) is 0 Å². The van der Waals surface area contributed by atoms with Gasteiger partial charge in [0, 0.05) is 38.3 Å². The van der Waals surface area contributed by atoms with Crippen molar-refractivity contribution in [2.24, 2.45) is 0 Å². The second kappa shape index (κ2) is 9.57. The van der Waals surface area contributed by atoms with Crippen molar-refractivity contribution in [3.8, 4) is 11.4 Å². The van der Waals surface area contributed by atoms with Gasteiger partial charge in [0.25, 0.3) is 0 Å². The maximum absolute atomic E-state index is 2.51. The lowest BCUT2D eigenvalue weighted by Gasteiger charge is -2.14. The van der Waals surface area contributed by atoms with Crippen molar-refractivity contribution in [3.63, 3.8) is 0 Å². The minimum atomic E-state index is 1.17. The average Bonchev–Trinajstić information content (AvgIpc) is 3.66. The Hall–Kier alpha value is -6.38. The molecular weight excluding hydrogens is 581 g/mol. The van der Waals surface area contributed by atoms with Crippen LogP contribution in [0.15, 0.2) is 170 Å². The summed E-state index contributed by atoms with van der Waals surface area (Å²) in [6, 6.07) is 62.5. The molecule has 2 nitrogen and oxygen atoms in total. The highest BCUT2D eigenvalue weighted by Crippen LogP contribution is 2.45. The van der Waals surface area contributed by atoms with Crippen LogP contribution in [-0.2, 0) is 0 Å². The van der Waals surface area contributed by atoms with Crippen LogP contribution in [0.1, 0.15) is 0 Å². The van der Waals surface area contributed by atoms with Gasteiger partial charge in [-0.1, -0.05) is 121 Å². The van der Waals surface area contributed by atoms with Gasteiger partial charge in [0.05, 0.1) is 22.1 Å². The van der Waals surface area contributed by atoms with Gasteiger partial charge in [0.15, 0.2) is 0 Å². The third-order valence-corrected chi connectivity index (χ3v) is 10.4. The first kappa shape index (κ1) is 25.8. The van der Waals surface area contributed by atoms with E-state index in [9.17, 15) is 0 Å². The van der Waals surface area contributed by atoms with E-state index in [0.29, 0.717) is 0 Å². The zero-order valence-electron chi connectivity index (χ0n) is 26.1. The minimum Gasteiger partial charge on any atom is -0.309 e. The molecule has 0 aliphatic carbocycles. The number of benzene rings is 9. The van der Waals surface area contributed by atoms with Crippen LogP contribution in [0, 0.1) is 0 Å². The van der Waals surface area contributed by atoms with Crippen molar-refractivity contribution >= 4 is 86.7 Å². The van der Waals surface area contributed by atoms with Gasteiger partial charge in [0.1, 0.15) is 0 Å². The molecule has 2 heterocycles. The number of rotatable bonds is 2. The Morgan fingerprint density at radius 2 is 0.875 bits per heavy atom. The Bertz CT molecular complexity index is 3100. The molecule has 0 spiro atoms. The van der Waals surface area contributed by atoms with Gasteiger partial charge in [-0.25, -0.2) is 0 Å². The maximum atomic E-state index is 2.51. The summed E-state index contributed by atoms with van der Waals surface area (Å²) < 4.78 is 4.93. The van der Waals surface area contributed by atoms with Gasteiger partial charge in [-0.05, 0) is 86.2 Å². The zero-order chi connectivity index (χ0) is 31.3. The molecule has 0 aliphatic rings. The van der Waals surface area contributed by atoms with Gasteiger partial charge in [-0.3, -0.25) is 0 Å². The molecule has 0 aliphatic heterocycles. The van der Waals surface area contributed by atoms with Crippen LogP contribution in [0.2, 0.25) is 0 Å². The van der Waals surface area contributed by atoms with Crippen molar-refractivity contribution in [2.45, 2.75) is 0 Å². The van der Waals surface area contributed by atoms with E-state index in [1.54, 1.807) is 0 Å². The lowest BCUT2D eigenvalue weighted by atomic mass is 9.93. The van der Waals surface area contributed by atoms with Crippen LogP contribution in [0.25, 0.3) is 98.1 Å². The van der Waals surface area contributed by atoms with Crippen LogP contribution < -0.4 is 0 Å². The summed E-state index contributed by atoms with van der Waals surface area (Å²) in [5, 5.41) is 15.3. The van der Waals surface area contributed by atoms with E-state index in [-0.39, 0.29) is 0 Å². The molecular formula is C46H28N2. The molecule has 11 rings (SSSR count). The van der Waals surface area contributed by atoms with Gasteiger partial charge in [0.2, 0.25) is 0 Å². The van der Waals surface area contributed by atoms with Gasteiger partial charge in [-0.15, -0.1) is 0 Å². The molecule has 0 atom stereocenters. The summed E-state index contributed by atoms with van der Waals surface area (Å²) >= 11 is 0. The Morgan fingerprint density at radius 3 is 1.69 bits per heavy atom. The highest BCUT2D eigenvalue weighted by Gasteiger charge is 2.21. The average molecular weight is 609 g/mol. The summed E-state index contributed by atoms with van der Waals surface area (Å²) in [6.07, 6.45) is 0. The molecule has 0 unspecified atom stereocenters. The fraction of sp³-hybridized carbons (Fsp3) is 0. The van der Waals surface area contributed by atoms with Crippen molar-refractivity contribution in [1.82, 2.24) is 9.13 Å². The lowest BCUT2D eigenvalue weighted by molar-refractivity contribution is 1.17. The molecule has 11 aromatic rings. The third-order valence-electron chi connectivity index (χ3n) is 10.4. The molecule has 0 N–H and O–H groups in total. The molecule has 2 heteroatoms. The van der Waals surface area contributed by atoms with Crippen molar-refractivity contribution < 1.29 is 0 Å². The fourth-order valence-corrected chi connectivity index (χ4v) is 8.40. The van der Waals surface area contributed by atoms with E-state index in [4.69, 9.17) is 0 Å². The highest BCUT2D eigenvalue weighted by atomic mass is 15.0. The number of para-hydroxylation sites is 2. The van der Waals surface area contributed by atoms with E-state index in [2.05, 4.69) is 179 Å². The van der Waals surface area contributed by atoms with Gasteiger partial charge < -0.3 is 9.13 Å². The highest BCUT2D eigenvalue weighted by molar-refractivity contribution is 6.36. The summed E-state index contributed by atoms with van der Waals surface area (Å²) in [7, 11) is 0. The first-order chi connectivity index (χ1) is 23.8. The van der Waals surface area contributed by atoms with E-state index in [1.807, 2.05) is 0 Å². The maximum Gasteiger partial charge on any atom is 0.0626 e. The Labute approximate surface area is 276 Å². The van der Waals surface area contributed by atoms with E-state index >= 15 is 0 Å². The summed E-state index contributed by atoms with van der Waals surface area (Å²) in [5.41, 5.74) is 7.23. The van der Waals surface area contributed by atoms with Crippen LogP contribution >= 0.6 is 0 Å². The van der Waals surface area contributed by atoms with Crippen LogP contribution in [0.3, 0.4) is 0 Å². The predicted octanol–water partition coefficient (Wildman–Crippen LogP) is 12.5. The Balaban J connectivity index is 1.33. The summed E-state index contributed by atoms with van der Waals surface area (Å²) in [5.74, 6) is 0. The van der Waals surface area contributed by atoms with Gasteiger partial charge in [-0.2, -0.15) is 0 Å². The fourth-order valence-electron chi connectivity index (χ4n) is 8.40. The first-order valence-corrected chi connectivity index (χ1v) is 16.6. The monoisotopic (exact) mass is 608 g/mol. The van der Waals surface area contributed by atoms with Crippen LogP contribution in [-0.4, -0.2) is 9.13 Å². The molecule has 0 saturated heterocycles. The first-order valence-electron chi connectivity index (χ1n) is 16.6. The SMILES string of the molecule is c1ccc(-n2c3ccc(-n4c5ccccc5c5c6ccccc6c6c7ccccc7ccc6c54)cc3c3cc4ccccc4cc32)cc1. The standard InChI is InChI=1S/C46H28N2/c1-2-15-32(16-3-1)47-42-25-23-33(28-40(42)39-26-30-13-4-5-14-31(30)27-43(39)47)48-41-21-11-10-20-37(41)45-36-19-9-8-18-35(36)44-34-17-7-6-12-29(34)22-24-38(44)46(45)48/h1-28H. The smallest absolute Gasteiger partial charge is 0.0626 e. The third kappa shape index (κ3) is 3.41. The second-order valence-electron chi connectivity index (χ2n) is 12.9. The molecule has 0 radical (unpaired) electrons. The lowest BCUT2D eigenvalue weighted by Crippen LogP contribution is -1.96. The molecule has 0 bridgehead atoms. The summed E-state index contributed by atoms with van der Waals surface area (Å²) in [6.45, 7) is 0. The summed E-state index contributed by atoms with van der Waals surface area (Å²) in [4.78, 5) is 0. The van der Waals surface area contributed by atoms with Crippen molar-refractivity contribution in [2.75, 3.05) is 0 Å². The molecule has 48 heavy (non-hydrogen) atoms. The Morgan fingerprint density at radius 1 is 0.271 bits per heavy atom. The predicted molar refractivity (Wildman–Crippen MR) is 205 cm³/mol. The van der Waals surface area contributed by atoms with Crippen LogP contribution in [0.5, 0.6) is 0 Å². The molecule has 2 aromatic heterocycles. The normalized spacial score (nSPS) is 12.2. The molecule has 0 saturated carbocycles. The zero-order valence-corrected chi connectivity index (χ0v) is 26.1. The number of aromatic nitrogens is 2. The number of fused-ring (bicyclic) bond motifs is 14. The van der Waals surface area contributed by atoms with Gasteiger partial charge >= 0.3 is 0 Å². The minimum absolute atomic E-state index is 1.17. The molecule has 0 fully saturated rings. The van der Waals surface area contributed by atoms with E-state index < -0.39 is 0 Å². The Kier molecular flexibility index (Phi) is 5.14. The van der Waals surface area contributed by atoms with Crippen molar-refractivity contribution in [3.05, 3.63) is 170 Å².